The Kier molecular flexibility index (Phi) is 4.65. The van der Waals surface area contributed by atoms with Crippen LogP contribution in [0, 0.1) is 5.41 Å². The van der Waals surface area contributed by atoms with E-state index in [2.05, 4.69) is 17.2 Å². The Morgan fingerprint density at radius 3 is 2.71 bits per heavy atom. The minimum Gasteiger partial charge on any atom is -0.349 e. The molecule has 0 saturated carbocycles. The first-order valence-corrected chi connectivity index (χ1v) is 6.69. The lowest BCUT2D eigenvalue weighted by atomic mass is 9.87. The van der Waals surface area contributed by atoms with Crippen molar-refractivity contribution in [3.05, 3.63) is 16.1 Å². The number of rotatable bonds is 4. The number of amides is 1. The molecule has 1 amide bonds. The van der Waals surface area contributed by atoms with Crippen LogP contribution < -0.4 is 11.1 Å². The maximum atomic E-state index is 11.8. The molecule has 0 radical (unpaired) electrons. The predicted octanol–water partition coefficient (Wildman–Crippen LogP) is 1.70. The van der Waals surface area contributed by atoms with E-state index in [1.54, 1.807) is 11.3 Å². The average molecular weight is 255 g/mol. The largest absolute Gasteiger partial charge is 0.349 e. The minimum atomic E-state index is -0.494. The molecule has 1 aromatic rings. The molecule has 0 aliphatic carbocycles. The highest BCUT2D eigenvalue weighted by Crippen LogP contribution is 2.17. The topological polar surface area (TPSA) is 68.0 Å². The van der Waals surface area contributed by atoms with E-state index in [4.69, 9.17) is 5.73 Å². The third kappa shape index (κ3) is 4.09. The highest BCUT2D eigenvalue weighted by Gasteiger charge is 2.27. The number of carbonyl (C=O) groups excluding carboxylic acids is 1. The quantitative estimate of drug-likeness (QED) is 0.860. The number of carbonyl (C=O) groups is 1. The normalized spacial score (nSPS) is 13.5. The van der Waals surface area contributed by atoms with Crippen molar-refractivity contribution in [1.82, 2.24) is 10.3 Å². The van der Waals surface area contributed by atoms with Crippen LogP contribution in [0.1, 0.15) is 38.4 Å². The summed E-state index contributed by atoms with van der Waals surface area (Å²) in [5.74, 6) is -0.122. The molecule has 1 atom stereocenters. The molecule has 0 aliphatic rings. The molecule has 4 nitrogen and oxygen atoms in total. The van der Waals surface area contributed by atoms with Gasteiger partial charge in [0.15, 0.2) is 0 Å². The number of nitrogens with zero attached hydrogens (tertiary/aromatic N) is 1. The summed E-state index contributed by atoms with van der Waals surface area (Å²) in [6.45, 7) is 8.38. The van der Waals surface area contributed by atoms with E-state index in [1.165, 1.54) is 0 Å². The SMILES string of the molecule is CCc1nc(CNC(=O)[C@@H](N)C(C)(C)C)cs1. The predicted molar refractivity (Wildman–Crippen MR) is 70.8 cm³/mol. The first kappa shape index (κ1) is 14.1. The van der Waals surface area contributed by atoms with E-state index < -0.39 is 6.04 Å². The van der Waals surface area contributed by atoms with E-state index in [0.29, 0.717) is 6.54 Å². The number of nitrogens with two attached hydrogens (primary N) is 1. The van der Waals surface area contributed by atoms with E-state index in [9.17, 15) is 4.79 Å². The molecule has 0 aliphatic heterocycles. The molecule has 1 aromatic heterocycles. The van der Waals surface area contributed by atoms with Gasteiger partial charge in [-0.25, -0.2) is 4.98 Å². The second-order valence-corrected chi connectivity index (χ2v) is 6.09. The summed E-state index contributed by atoms with van der Waals surface area (Å²) in [6.07, 6.45) is 0.931. The molecule has 1 rings (SSSR count). The van der Waals surface area contributed by atoms with Gasteiger partial charge in [-0.2, -0.15) is 0 Å². The summed E-state index contributed by atoms with van der Waals surface area (Å²) in [5, 5.41) is 5.89. The lowest BCUT2D eigenvalue weighted by Gasteiger charge is -2.25. The second-order valence-electron chi connectivity index (χ2n) is 5.15. The fourth-order valence-electron chi connectivity index (χ4n) is 1.27. The Balaban J connectivity index is 2.48. The number of aromatic nitrogens is 1. The smallest absolute Gasteiger partial charge is 0.237 e. The molecule has 17 heavy (non-hydrogen) atoms. The van der Waals surface area contributed by atoms with Gasteiger partial charge in [-0.1, -0.05) is 27.7 Å². The third-order valence-corrected chi connectivity index (χ3v) is 3.60. The summed E-state index contributed by atoms with van der Waals surface area (Å²) in [7, 11) is 0. The van der Waals surface area contributed by atoms with Crippen LogP contribution in [0.25, 0.3) is 0 Å². The third-order valence-electron chi connectivity index (χ3n) is 2.56. The van der Waals surface area contributed by atoms with Crippen molar-refractivity contribution in [3.63, 3.8) is 0 Å². The van der Waals surface area contributed by atoms with Gasteiger partial charge in [-0.15, -0.1) is 11.3 Å². The average Bonchev–Trinajstić information content (AvgIpc) is 2.71. The molecule has 96 valence electrons. The van der Waals surface area contributed by atoms with Gasteiger partial charge in [0.05, 0.1) is 23.3 Å². The molecular weight excluding hydrogens is 234 g/mol. The minimum absolute atomic E-state index is 0.122. The van der Waals surface area contributed by atoms with Crippen molar-refractivity contribution in [2.75, 3.05) is 0 Å². The highest BCUT2D eigenvalue weighted by atomic mass is 32.1. The Morgan fingerprint density at radius 2 is 2.24 bits per heavy atom. The van der Waals surface area contributed by atoms with Gasteiger partial charge in [0.2, 0.25) is 5.91 Å². The number of nitrogens with one attached hydrogen (secondary N) is 1. The van der Waals surface area contributed by atoms with Crippen LogP contribution in [0.4, 0.5) is 0 Å². The summed E-state index contributed by atoms with van der Waals surface area (Å²) >= 11 is 1.62. The Hall–Kier alpha value is -0.940. The molecule has 0 bridgehead atoms. The van der Waals surface area contributed by atoms with Gasteiger partial charge in [-0.3, -0.25) is 4.79 Å². The molecule has 0 saturated heterocycles. The second kappa shape index (κ2) is 5.60. The zero-order valence-corrected chi connectivity index (χ0v) is 11.7. The summed E-state index contributed by atoms with van der Waals surface area (Å²) in [4.78, 5) is 16.2. The van der Waals surface area contributed by atoms with Crippen LogP contribution in [0.2, 0.25) is 0 Å². The molecule has 0 fully saturated rings. The van der Waals surface area contributed by atoms with Gasteiger partial charge in [0.25, 0.3) is 0 Å². The first-order valence-electron chi connectivity index (χ1n) is 5.81. The highest BCUT2D eigenvalue weighted by molar-refractivity contribution is 7.09. The van der Waals surface area contributed by atoms with Gasteiger partial charge >= 0.3 is 0 Å². The van der Waals surface area contributed by atoms with E-state index in [0.717, 1.165) is 17.1 Å². The lowest BCUT2D eigenvalue weighted by molar-refractivity contribution is -0.124. The van der Waals surface area contributed by atoms with Crippen molar-refractivity contribution < 1.29 is 4.79 Å². The van der Waals surface area contributed by atoms with Crippen molar-refractivity contribution in [3.8, 4) is 0 Å². The summed E-state index contributed by atoms with van der Waals surface area (Å²) in [6, 6.07) is -0.494. The molecule has 1 heterocycles. The van der Waals surface area contributed by atoms with E-state index in [1.807, 2.05) is 26.2 Å². The lowest BCUT2D eigenvalue weighted by Crippen LogP contribution is -2.48. The maximum Gasteiger partial charge on any atom is 0.237 e. The monoisotopic (exact) mass is 255 g/mol. The van der Waals surface area contributed by atoms with Gasteiger partial charge in [-0.05, 0) is 11.8 Å². The van der Waals surface area contributed by atoms with Crippen molar-refractivity contribution >= 4 is 17.2 Å². The first-order chi connectivity index (χ1) is 7.84. The molecule has 0 unspecified atom stereocenters. The van der Waals surface area contributed by atoms with Crippen LogP contribution in [-0.2, 0) is 17.8 Å². The number of hydrogen-bond acceptors (Lipinski definition) is 4. The Labute approximate surface area is 107 Å². The van der Waals surface area contributed by atoms with Crippen LogP contribution in [-0.4, -0.2) is 16.9 Å². The van der Waals surface area contributed by atoms with Gasteiger partial charge in [0, 0.05) is 5.38 Å². The van der Waals surface area contributed by atoms with E-state index >= 15 is 0 Å². The van der Waals surface area contributed by atoms with Crippen molar-refractivity contribution in [2.45, 2.75) is 46.7 Å². The number of aryl methyl sites for hydroxylation is 1. The fourth-order valence-corrected chi connectivity index (χ4v) is 2.02. The molecule has 0 spiro atoms. The van der Waals surface area contributed by atoms with Crippen molar-refractivity contribution in [2.24, 2.45) is 11.1 Å². The number of hydrogen-bond donors (Lipinski definition) is 2. The summed E-state index contributed by atoms with van der Waals surface area (Å²) in [5.41, 5.74) is 6.54. The molecular formula is C12H21N3OS. The molecule has 5 heteroatoms. The van der Waals surface area contributed by atoms with Crippen LogP contribution >= 0.6 is 11.3 Å². The zero-order chi connectivity index (χ0) is 13.1. The van der Waals surface area contributed by atoms with Crippen LogP contribution in [0.5, 0.6) is 0 Å². The Bertz CT molecular complexity index is 381. The zero-order valence-electron chi connectivity index (χ0n) is 10.9. The molecule has 0 aromatic carbocycles. The summed E-state index contributed by atoms with van der Waals surface area (Å²) < 4.78 is 0. The van der Waals surface area contributed by atoms with Gasteiger partial charge < -0.3 is 11.1 Å². The van der Waals surface area contributed by atoms with E-state index in [-0.39, 0.29) is 11.3 Å². The van der Waals surface area contributed by atoms with Crippen LogP contribution in [0.15, 0.2) is 5.38 Å². The maximum absolute atomic E-state index is 11.8. The molecule has 3 N–H and O–H groups in total. The number of thiazole rings is 1. The fraction of sp³-hybridized carbons (Fsp3) is 0.667. The standard InChI is InChI=1S/C12H21N3OS/c1-5-9-15-8(7-17-9)6-14-11(16)10(13)12(2,3)4/h7,10H,5-6,13H2,1-4H3,(H,14,16)/t10-/m1/s1. The van der Waals surface area contributed by atoms with Crippen LogP contribution in [0.3, 0.4) is 0 Å². The Morgan fingerprint density at radius 1 is 1.59 bits per heavy atom. The van der Waals surface area contributed by atoms with Crippen molar-refractivity contribution in [1.29, 1.82) is 0 Å². The van der Waals surface area contributed by atoms with Gasteiger partial charge in [0.1, 0.15) is 0 Å².